The number of fused-ring (bicyclic) bond motifs is 1. The summed E-state index contributed by atoms with van der Waals surface area (Å²) >= 11 is 0. The maximum atomic E-state index is 9.53. The van der Waals surface area contributed by atoms with Crippen LogP contribution in [0.2, 0.25) is 0 Å². The molecule has 2 fully saturated rings. The monoisotopic (exact) mass is 388 g/mol. The third-order valence-corrected chi connectivity index (χ3v) is 6.46. The van der Waals surface area contributed by atoms with E-state index in [4.69, 9.17) is 4.98 Å². The van der Waals surface area contributed by atoms with Crippen LogP contribution < -0.4 is 4.90 Å². The highest BCUT2D eigenvalue weighted by molar-refractivity contribution is 5.86. The van der Waals surface area contributed by atoms with E-state index < -0.39 is 0 Å². The van der Waals surface area contributed by atoms with Gasteiger partial charge < -0.3 is 10.0 Å². The first kappa shape index (κ1) is 18.5. The molecule has 2 aromatic carbocycles. The number of benzene rings is 2. The number of piperidine rings is 1. The number of aliphatic hydroxyl groups excluding tert-OH is 1. The normalized spacial score (nSPS) is 23.0. The molecule has 5 nitrogen and oxygen atoms in total. The number of nitrogens with zero attached hydrogens (tertiary/aromatic N) is 4. The highest BCUT2D eigenvalue weighted by Crippen LogP contribution is 2.27. The lowest BCUT2D eigenvalue weighted by atomic mass is 9.97. The van der Waals surface area contributed by atoms with E-state index in [0.29, 0.717) is 18.6 Å². The predicted octanol–water partition coefficient (Wildman–Crippen LogP) is 3.58. The minimum Gasteiger partial charge on any atom is -0.396 e. The van der Waals surface area contributed by atoms with Gasteiger partial charge in [0.1, 0.15) is 0 Å². The maximum Gasteiger partial charge on any atom is 0.225 e. The zero-order valence-electron chi connectivity index (χ0n) is 16.7. The van der Waals surface area contributed by atoms with Gasteiger partial charge in [0, 0.05) is 44.0 Å². The molecule has 0 bridgehead atoms. The molecule has 2 aliphatic rings. The number of likely N-dealkylation sites (tertiary alicyclic amines) is 1. The van der Waals surface area contributed by atoms with Gasteiger partial charge in [-0.3, -0.25) is 4.90 Å². The zero-order chi connectivity index (χ0) is 19.6. The second-order valence-electron chi connectivity index (χ2n) is 8.38. The van der Waals surface area contributed by atoms with Crippen molar-refractivity contribution in [2.75, 3.05) is 37.7 Å². The molecule has 3 heterocycles. The summed E-state index contributed by atoms with van der Waals surface area (Å²) < 4.78 is 0. The Balaban J connectivity index is 1.33. The van der Waals surface area contributed by atoms with Gasteiger partial charge in [-0.2, -0.15) is 0 Å². The lowest BCUT2D eigenvalue weighted by molar-refractivity contribution is 0.0944. The number of aliphatic hydroxyl groups is 1. The first-order valence-electron chi connectivity index (χ1n) is 10.7. The van der Waals surface area contributed by atoms with Gasteiger partial charge in [0.05, 0.1) is 5.69 Å². The number of hydrogen-bond acceptors (Lipinski definition) is 5. The summed E-state index contributed by atoms with van der Waals surface area (Å²) in [6.45, 7) is 4.44. The molecule has 5 rings (SSSR count). The van der Waals surface area contributed by atoms with Crippen molar-refractivity contribution in [2.24, 2.45) is 5.92 Å². The molecule has 0 saturated carbocycles. The summed E-state index contributed by atoms with van der Waals surface area (Å²) in [5.74, 6) is 1.26. The smallest absolute Gasteiger partial charge is 0.225 e. The van der Waals surface area contributed by atoms with Gasteiger partial charge in [0.15, 0.2) is 0 Å². The molecule has 2 unspecified atom stereocenters. The Morgan fingerprint density at radius 2 is 1.86 bits per heavy atom. The van der Waals surface area contributed by atoms with Crippen LogP contribution in [0.5, 0.6) is 0 Å². The van der Waals surface area contributed by atoms with E-state index in [2.05, 4.69) is 57.2 Å². The van der Waals surface area contributed by atoms with Crippen LogP contribution in [-0.2, 0) is 0 Å². The van der Waals surface area contributed by atoms with E-state index in [-0.39, 0.29) is 0 Å². The molecule has 1 N–H and O–H groups in total. The van der Waals surface area contributed by atoms with Crippen molar-refractivity contribution in [3.8, 4) is 11.3 Å². The van der Waals surface area contributed by atoms with Crippen molar-refractivity contribution in [3.63, 3.8) is 0 Å². The Kier molecular flexibility index (Phi) is 5.17. The van der Waals surface area contributed by atoms with Crippen molar-refractivity contribution in [1.29, 1.82) is 0 Å². The first-order chi connectivity index (χ1) is 14.3. The van der Waals surface area contributed by atoms with Crippen molar-refractivity contribution in [3.05, 3.63) is 54.7 Å². The largest absolute Gasteiger partial charge is 0.396 e. The molecule has 0 aliphatic carbocycles. The Hall–Kier alpha value is -2.50. The molecule has 3 aromatic rings. The van der Waals surface area contributed by atoms with Crippen LogP contribution >= 0.6 is 0 Å². The van der Waals surface area contributed by atoms with Crippen LogP contribution in [0, 0.1) is 5.92 Å². The highest BCUT2D eigenvalue weighted by Gasteiger charge is 2.32. The van der Waals surface area contributed by atoms with Gasteiger partial charge in [0.25, 0.3) is 0 Å². The minimum absolute atomic E-state index is 0.309. The van der Waals surface area contributed by atoms with Crippen LogP contribution in [0.25, 0.3) is 22.0 Å². The topological polar surface area (TPSA) is 52.5 Å². The SMILES string of the molecule is OCC1CCCN(C2CCN(c3nccc(-c4ccc5ccccc5c4)n3)C2)C1. The van der Waals surface area contributed by atoms with E-state index in [1.807, 2.05) is 12.3 Å². The summed E-state index contributed by atoms with van der Waals surface area (Å²) in [6.07, 6.45) is 5.36. The molecule has 2 atom stereocenters. The van der Waals surface area contributed by atoms with Gasteiger partial charge in [-0.25, -0.2) is 9.97 Å². The van der Waals surface area contributed by atoms with Gasteiger partial charge >= 0.3 is 0 Å². The molecule has 1 aromatic heterocycles. The van der Waals surface area contributed by atoms with Crippen LogP contribution in [0.4, 0.5) is 5.95 Å². The summed E-state index contributed by atoms with van der Waals surface area (Å²) in [5.41, 5.74) is 2.10. The first-order valence-corrected chi connectivity index (χ1v) is 10.7. The summed E-state index contributed by atoms with van der Waals surface area (Å²) in [5, 5.41) is 12.0. The molecule has 29 heavy (non-hydrogen) atoms. The Labute approximate surface area is 172 Å². The van der Waals surface area contributed by atoms with Crippen LogP contribution in [0.3, 0.4) is 0 Å². The average molecular weight is 389 g/mol. The Morgan fingerprint density at radius 3 is 2.76 bits per heavy atom. The molecular weight excluding hydrogens is 360 g/mol. The Morgan fingerprint density at radius 1 is 0.966 bits per heavy atom. The standard InChI is InChI=1S/C24H28N4O/c29-17-18-4-3-12-27(15-18)22-10-13-28(16-22)24-25-11-9-23(26-24)21-8-7-19-5-1-2-6-20(19)14-21/h1-2,5-9,11,14,18,22,29H,3-4,10,12-13,15-17H2. The predicted molar refractivity (Wildman–Crippen MR) is 117 cm³/mol. The molecule has 0 radical (unpaired) electrons. The fraction of sp³-hybridized carbons (Fsp3) is 0.417. The van der Waals surface area contributed by atoms with E-state index in [9.17, 15) is 5.11 Å². The number of anilines is 1. The van der Waals surface area contributed by atoms with Crippen molar-refractivity contribution >= 4 is 16.7 Å². The highest BCUT2D eigenvalue weighted by atomic mass is 16.3. The molecule has 5 heteroatoms. The van der Waals surface area contributed by atoms with Crippen LogP contribution in [-0.4, -0.2) is 58.8 Å². The van der Waals surface area contributed by atoms with Gasteiger partial charge in [-0.15, -0.1) is 0 Å². The second-order valence-corrected chi connectivity index (χ2v) is 8.38. The van der Waals surface area contributed by atoms with Crippen LogP contribution in [0.1, 0.15) is 19.3 Å². The second kappa shape index (κ2) is 8.09. The molecule has 0 amide bonds. The van der Waals surface area contributed by atoms with Crippen molar-refractivity contribution < 1.29 is 5.11 Å². The zero-order valence-corrected chi connectivity index (χ0v) is 16.7. The molecule has 150 valence electrons. The van der Waals surface area contributed by atoms with Gasteiger partial charge in [0.2, 0.25) is 5.95 Å². The molecule has 0 spiro atoms. The van der Waals surface area contributed by atoms with Gasteiger partial charge in [-0.05, 0) is 54.6 Å². The fourth-order valence-corrected chi connectivity index (χ4v) is 4.81. The molecule has 2 aliphatic heterocycles. The summed E-state index contributed by atoms with van der Waals surface area (Å²) in [7, 11) is 0. The average Bonchev–Trinajstić information content (AvgIpc) is 3.29. The van der Waals surface area contributed by atoms with Gasteiger partial charge in [-0.1, -0.05) is 36.4 Å². The van der Waals surface area contributed by atoms with Crippen molar-refractivity contribution in [1.82, 2.24) is 14.9 Å². The lowest BCUT2D eigenvalue weighted by Crippen LogP contribution is -2.44. The quantitative estimate of drug-likeness (QED) is 0.740. The van der Waals surface area contributed by atoms with E-state index in [1.165, 1.54) is 17.2 Å². The van der Waals surface area contributed by atoms with E-state index in [1.54, 1.807) is 0 Å². The van der Waals surface area contributed by atoms with Crippen molar-refractivity contribution in [2.45, 2.75) is 25.3 Å². The lowest BCUT2D eigenvalue weighted by Gasteiger charge is -2.36. The number of aromatic nitrogens is 2. The fourth-order valence-electron chi connectivity index (χ4n) is 4.81. The van der Waals surface area contributed by atoms with E-state index in [0.717, 1.165) is 56.2 Å². The number of hydrogen-bond donors (Lipinski definition) is 1. The third-order valence-electron chi connectivity index (χ3n) is 6.46. The van der Waals surface area contributed by atoms with Crippen LogP contribution in [0.15, 0.2) is 54.7 Å². The summed E-state index contributed by atoms with van der Waals surface area (Å²) in [6, 6.07) is 17.5. The maximum absolute atomic E-state index is 9.53. The Bertz CT molecular complexity index is 991. The third kappa shape index (κ3) is 3.85. The summed E-state index contributed by atoms with van der Waals surface area (Å²) in [4.78, 5) is 14.4. The van der Waals surface area contributed by atoms with E-state index >= 15 is 0 Å². The molecular formula is C24H28N4O. The molecule has 2 saturated heterocycles. The number of rotatable bonds is 4. The minimum atomic E-state index is 0.309.